The molecule has 3 rings (SSSR count). The molecule has 0 atom stereocenters. The summed E-state index contributed by atoms with van der Waals surface area (Å²) in [5.41, 5.74) is 3.73. The van der Waals surface area contributed by atoms with E-state index in [9.17, 15) is 4.79 Å². The molecule has 1 aromatic carbocycles. The number of aryl methyl sites for hydroxylation is 2. The number of likely N-dealkylation sites (tertiary alicyclic amines) is 1. The van der Waals surface area contributed by atoms with Crippen LogP contribution >= 0.6 is 12.4 Å². The fourth-order valence-corrected chi connectivity index (χ4v) is 3.66. The highest BCUT2D eigenvalue weighted by Crippen LogP contribution is 2.25. The number of carbonyl (C=O) groups is 1. The normalized spacial score (nSPS) is 18.0. The molecular formula is C18H27ClN2O. The second-order valence-electron chi connectivity index (χ2n) is 6.46. The molecule has 0 unspecified atom stereocenters. The number of benzene rings is 1. The number of nitrogens with zero attached hydrogens (tertiary/aromatic N) is 1. The van der Waals surface area contributed by atoms with E-state index in [-0.39, 0.29) is 18.3 Å². The van der Waals surface area contributed by atoms with E-state index < -0.39 is 0 Å². The van der Waals surface area contributed by atoms with Crippen LogP contribution in [-0.2, 0) is 12.8 Å². The molecule has 4 heteroatoms. The molecule has 1 amide bonds. The molecule has 1 aliphatic heterocycles. The first-order valence-corrected chi connectivity index (χ1v) is 8.33. The van der Waals surface area contributed by atoms with E-state index >= 15 is 0 Å². The van der Waals surface area contributed by atoms with Crippen LogP contribution in [0.1, 0.15) is 47.2 Å². The molecule has 1 N–H and O–H groups in total. The Balaban J connectivity index is 0.00000176. The lowest BCUT2D eigenvalue weighted by atomic mass is 9.93. The van der Waals surface area contributed by atoms with Gasteiger partial charge in [-0.1, -0.05) is 6.07 Å². The van der Waals surface area contributed by atoms with Crippen LogP contribution in [0.4, 0.5) is 0 Å². The van der Waals surface area contributed by atoms with Crippen LogP contribution in [0.25, 0.3) is 0 Å². The van der Waals surface area contributed by atoms with Gasteiger partial charge >= 0.3 is 0 Å². The second kappa shape index (κ2) is 7.98. The van der Waals surface area contributed by atoms with E-state index in [1.54, 1.807) is 0 Å². The summed E-state index contributed by atoms with van der Waals surface area (Å²) in [6, 6.07) is 6.33. The summed E-state index contributed by atoms with van der Waals surface area (Å²) >= 11 is 0. The van der Waals surface area contributed by atoms with Crippen LogP contribution in [0.3, 0.4) is 0 Å². The first-order chi connectivity index (χ1) is 10.3. The number of amides is 1. The van der Waals surface area contributed by atoms with Gasteiger partial charge in [-0.25, -0.2) is 0 Å². The molecule has 0 radical (unpaired) electrons. The van der Waals surface area contributed by atoms with Crippen molar-refractivity contribution < 1.29 is 4.79 Å². The lowest BCUT2D eigenvalue weighted by Gasteiger charge is -2.32. The van der Waals surface area contributed by atoms with Gasteiger partial charge < -0.3 is 10.2 Å². The van der Waals surface area contributed by atoms with Gasteiger partial charge in [-0.15, -0.1) is 12.4 Å². The van der Waals surface area contributed by atoms with E-state index in [0.717, 1.165) is 50.4 Å². The zero-order valence-corrected chi connectivity index (χ0v) is 14.3. The number of nitrogens with one attached hydrogen (secondary N) is 1. The maximum Gasteiger partial charge on any atom is 0.253 e. The molecule has 1 aromatic rings. The Kier molecular flexibility index (Phi) is 6.27. The number of piperidine rings is 1. The first-order valence-electron chi connectivity index (χ1n) is 8.33. The average Bonchev–Trinajstić information content (AvgIpc) is 3.00. The summed E-state index contributed by atoms with van der Waals surface area (Å²) in [7, 11) is 2.01. The Morgan fingerprint density at radius 3 is 2.68 bits per heavy atom. The molecule has 0 saturated carbocycles. The van der Waals surface area contributed by atoms with Crippen LogP contribution in [-0.4, -0.2) is 37.5 Å². The number of fused-ring (bicyclic) bond motifs is 1. The SMILES string of the molecule is CNCCC1CCN(C(=O)c2ccc3c(c2)CCC3)CC1.Cl. The van der Waals surface area contributed by atoms with Crippen molar-refractivity contribution in [3.8, 4) is 0 Å². The lowest BCUT2D eigenvalue weighted by Crippen LogP contribution is -2.39. The molecule has 1 aliphatic carbocycles. The van der Waals surface area contributed by atoms with Crippen molar-refractivity contribution in [3.63, 3.8) is 0 Å². The zero-order valence-electron chi connectivity index (χ0n) is 13.4. The van der Waals surface area contributed by atoms with Crippen LogP contribution in [0.5, 0.6) is 0 Å². The number of halogens is 1. The summed E-state index contributed by atoms with van der Waals surface area (Å²) in [6.45, 7) is 2.93. The van der Waals surface area contributed by atoms with Gasteiger partial charge in [0.1, 0.15) is 0 Å². The van der Waals surface area contributed by atoms with Gasteiger partial charge in [-0.05, 0) is 81.3 Å². The highest BCUT2D eigenvalue weighted by atomic mass is 35.5. The maximum atomic E-state index is 12.6. The molecule has 122 valence electrons. The molecule has 0 bridgehead atoms. The predicted molar refractivity (Wildman–Crippen MR) is 92.9 cm³/mol. The zero-order chi connectivity index (χ0) is 14.7. The summed E-state index contributed by atoms with van der Waals surface area (Å²) < 4.78 is 0. The average molecular weight is 323 g/mol. The first kappa shape index (κ1) is 17.3. The van der Waals surface area contributed by atoms with Crippen LogP contribution in [0.2, 0.25) is 0 Å². The fraction of sp³-hybridized carbons (Fsp3) is 0.611. The van der Waals surface area contributed by atoms with Crippen molar-refractivity contribution in [2.75, 3.05) is 26.7 Å². The third kappa shape index (κ3) is 3.82. The molecule has 22 heavy (non-hydrogen) atoms. The van der Waals surface area contributed by atoms with Crippen LogP contribution in [0.15, 0.2) is 18.2 Å². The van der Waals surface area contributed by atoms with Crippen molar-refractivity contribution in [1.29, 1.82) is 0 Å². The van der Waals surface area contributed by atoms with E-state index in [4.69, 9.17) is 0 Å². The van der Waals surface area contributed by atoms with E-state index in [0.29, 0.717) is 0 Å². The van der Waals surface area contributed by atoms with Crippen molar-refractivity contribution in [3.05, 3.63) is 34.9 Å². The quantitative estimate of drug-likeness (QED) is 0.924. The van der Waals surface area contributed by atoms with Crippen LogP contribution < -0.4 is 5.32 Å². The molecule has 1 saturated heterocycles. The maximum absolute atomic E-state index is 12.6. The largest absolute Gasteiger partial charge is 0.339 e. The number of hydrogen-bond donors (Lipinski definition) is 1. The topological polar surface area (TPSA) is 32.3 Å². The van der Waals surface area contributed by atoms with Gasteiger partial charge in [0, 0.05) is 18.7 Å². The molecule has 1 fully saturated rings. The number of rotatable bonds is 4. The fourth-order valence-electron chi connectivity index (χ4n) is 3.66. The van der Waals surface area contributed by atoms with Crippen molar-refractivity contribution >= 4 is 18.3 Å². The Morgan fingerprint density at radius 1 is 1.23 bits per heavy atom. The molecule has 0 aromatic heterocycles. The summed E-state index contributed by atoms with van der Waals surface area (Å²) in [5.74, 6) is 1.01. The number of hydrogen-bond acceptors (Lipinski definition) is 2. The van der Waals surface area contributed by atoms with Gasteiger partial charge in [-0.2, -0.15) is 0 Å². The standard InChI is InChI=1S/C18H26N2O.ClH/c1-19-10-7-14-8-11-20(12-9-14)18(21)17-6-5-15-3-2-4-16(15)13-17;/h5-6,13-14,19H,2-4,7-12H2,1H3;1H. The van der Waals surface area contributed by atoms with Crippen LogP contribution in [0, 0.1) is 5.92 Å². The Morgan fingerprint density at radius 2 is 1.95 bits per heavy atom. The van der Waals surface area contributed by atoms with E-state index in [1.165, 1.54) is 30.4 Å². The highest BCUT2D eigenvalue weighted by Gasteiger charge is 2.24. The predicted octanol–water partition coefficient (Wildman–Crippen LogP) is 3.06. The van der Waals surface area contributed by atoms with Gasteiger partial charge in [0.2, 0.25) is 0 Å². The minimum Gasteiger partial charge on any atom is -0.339 e. The van der Waals surface area contributed by atoms with Crippen molar-refractivity contribution in [2.45, 2.75) is 38.5 Å². The van der Waals surface area contributed by atoms with Gasteiger partial charge in [-0.3, -0.25) is 4.79 Å². The second-order valence-corrected chi connectivity index (χ2v) is 6.46. The van der Waals surface area contributed by atoms with Gasteiger partial charge in [0.05, 0.1) is 0 Å². The molecule has 1 heterocycles. The monoisotopic (exact) mass is 322 g/mol. The van der Waals surface area contributed by atoms with E-state index in [2.05, 4.69) is 17.4 Å². The summed E-state index contributed by atoms with van der Waals surface area (Å²) in [6.07, 6.45) is 7.10. The van der Waals surface area contributed by atoms with Gasteiger partial charge in [0.25, 0.3) is 5.91 Å². The minimum absolute atomic E-state index is 0. The van der Waals surface area contributed by atoms with E-state index in [1.807, 2.05) is 18.0 Å². The van der Waals surface area contributed by atoms with Gasteiger partial charge in [0.15, 0.2) is 0 Å². The third-order valence-electron chi connectivity index (χ3n) is 5.05. The minimum atomic E-state index is 0. The smallest absolute Gasteiger partial charge is 0.253 e. The molecule has 3 nitrogen and oxygen atoms in total. The van der Waals surface area contributed by atoms with Crippen molar-refractivity contribution in [1.82, 2.24) is 10.2 Å². The molecular weight excluding hydrogens is 296 g/mol. The Bertz CT molecular complexity index is 510. The Labute approximate surface area is 139 Å². The third-order valence-corrected chi connectivity index (χ3v) is 5.05. The summed E-state index contributed by atoms with van der Waals surface area (Å²) in [4.78, 5) is 14.7. The molecule has 2 aliphatic rings. The Hall–Kier alpha value is -1.06. The molecule has 0 spiro atoms. The van der Waals surface area contributed by atoms with Crippen molar-refractivity contribution in [2.24, 2.45) is 5.92 Å². The summed E-state index contributed by atoms with van der Waals surface area (Å²) in [5, 5.41) is 3.22. The lowest BCUT2D eigenvalue weighted by molar-refractivity contribution is 0.0687. The highest BCUT2D eigenvalue weighted by molar-refractivity contribution is 5.94. The number of carbonyl (C=O) groups excluding carboxylic acids is 1.